The number of benzene rings is 5. The van der Waals surface area contributed by atoms with Crippen LogP contribution in [0.15, 0.2) is 140 Å². The largest absolute Gasteiger partial charge is 0.309 e. The molecule has 0 bridgehead atoms. The SMILES string of the molecule is Clc1ccccc1-c1cnc(-c2ccccc2)cc1-c1ccc2c(c1)c1ccccc1n2-c1ccccc1. The molecule has 3 heteroatoms. The summed E-state index contributed by atoms with van der Waals surface area (Å²) in [6.45, 7) is 0. The van der Waals surface area contributed by atoms with Crippen molar-refractivity contribution in [1.29, 1.82) is 0 Å². The molecule has 7 aromatic rings. The van der Waals surface area contributed by atoms with Crippen LogP contribution in [-0.2, 0) is 0 Å². The van der Waals surface area contributed by atoms with Crippen LogP contribution in [0.2, 0.25) is 5.02 Å². The summed E-state index contributed by atoms with van der Waals surface area (Å²) in [4.78, 5) is 4.85. The maximum Gasteiger partial charge on any atom is 0.0708 e. The van der Waals surface area contributed by atoms with E-state index in [1.807, 2.05) is 42.6 Å². The summed E-state index contributed by atoms with van der Waals surface area (Å²) in [5.41, 5.74) is 9.76. The minimum atomic E-state index is 0.713. The van der Waals surface area contributed by atoms with E-state index >= 15 is 0 Å². The highest BCUT2D eigenvalue weighted by Crippen LogP contribution is 2.40. The predicted molar refractivity (Wildman–Crippen MR) is 160 cm³/mol. The van der Waals surface area contributed by atoms with E-state index in [0.717, 1.165) is 39.2 Å². The average molecular weight is 507 g/mol. The van der Waals surface area contributed by atoms with Crippen molar-refractivity contribution < 1.29 is 0 Å². The predicted octanol–water partition coefficient (Wildman–Crippen LogP) is 9.83. The molecule has 180 valence electrons. The van der Waals surface area contributed by atoms with E-state index in [2.05, 4.69) is 102 Å². The fourth-order valence-corrected chi connectivity index (χ4v) is 5.59. The lowest BCUT2D eigenvalue weighted by atomic mass is 9.93. The molecule has 5 aromatic carbocycles. The van der Waals surface area contributed by atoms with Crippen LogP contribution >= 0.6 is 11.6 Å². The van der Waals surface area contributed by atoms with Crippen LogP contribution in [-0.4, -0.2) is 9.55 Å². The molecule has 0 saturated carbocycles. The van der Waals surface area contributed by atoms with Crippen molar-refractivity contribution in [2.45, 2.75) is 0 Å². The maximum atomic E-state index is 6.69. The number of para-hydroxylation sites is 2. The molecule has 0 unspecified atom stereocenters. The Hall–Kier alpha value is -4.66. The molecule has 0 radical (unpaired) electrons. The van der Waals surface area contributed by atoms with E-state index in [4.69, 9.17) is 16.6 Å². The fraction of sp³-hybridized carbons (Fsp3) is 0. The van der Waals surface area contributed by atoms with Gasteiger partial charge < -0.3 is 4.57 Å². The summed E-state index contributed by atoms with van der Waals surface area (Å²) in [5, 5.41) is 3.15. The lowest BCUT2D eigenvalue weighted by Gasteiger charge is -2.14. The van der Waals surface area contributed by atoms with Crippen LogP contribution in [0.1, 0.15) is 0 Å². The van der Waals surface area contributed by atoms with E-state index in [1.54, 1.807) is 0 Å². The molecule has 7 rings (SSSR count). The Morgan fingerprint density at radius 2 is 1.18 bits per heavy atom. The number of hydrogen-bond acceptors (Lipinski definition) is 1. The van der Waals surface area contributed by atoms with Crippen LogP contribution in [0.4, 0.5) is 0 Å². The second-order valence-corrected chi connectivity index (χ2v) is 9.79. The van der Waals surface area contributed by atoms with Gasteiger partial charge in [0.25, 0.3) is 0 Å². The Labute approximate surface area is 226 Å². The molecule has 0 aliphatic carbocycles. The Kier molecular flexibility index (Phi) is 5.53. The van der Waals surface area contributed by atoms with Crippen molar-refractivity contribution in [3.63, 3.8) is 0 Å². The molecule has 0 aliphatic heterocycles. The molecular formula is C35H23ClN2. The number of hydrogen-bond donors (Lipinski definition) is 0. The molecule has 0 aliphatic rings. The van der Waals surface area contributed by atoms with Gasteiger partial charge in [-0.05, 0) is 53.6 Å². The first-order valence-corrected chi connectivity index (χ1v) is 13.0. The molecule has 0 amide bonds. The van der Waals surface area contributed by atoms with Crippen molar-refractivity contribution in [2.75, 3.05) is 0 Å². The molecule has 0 saturated heterocycles. The zero-order valence-electron chi connectivity index (χ0n) is 20.6. The number of aromatic nitrogens is 2. The highest BCUT2D eigenvalue weighted by atomic mass is 35.5. The standard InChI is InChI=1S/C35H23ClN2/c36-32-17-9-7-15-27(32)31-23-37-33(24-11-3-1-4-12-24)22-29(31)25-19-20-35-30(21-25)28-16-8-10-18-34(28)38(35)26-13-5-2-6-14-26/h1-23H. The van der Waals surface area contributed by atoms with E-state index in [-0.39, 0.29) is 0 Å². The van der Waals surface area contributed by atoms with Crippen LogP contribution in [0.3, 0.4) is 0 Å². The third-order valence-electron chi connectivity index (χ3n) is 7.14. The maximum absolute atomic E-state index is 6.69. The lowest BCUT2D eigenvalue weighted by Crippen LogP contribution is -1.93. The molecular weight excluding hydrogens is 484 g/mol. The van der Waals surface area contributed by atoms with Crippen LogP contribution < -0.4 is 0 Å². The topological polar surface area (TPSA) is 17.8 Å². The normalized spacial score (nSPS) is 11.3. The molecule has 2 nitrogen and oxygen atoms in total. The summed E-state index contributed by atoms with van der Waals surface area (Å²) in [6, 6.07) is 46.4. The van der Waals surface area contributed by atoms with Gasteiger partial charge in [0.15, 0.2) is 0 Å². The Morgan fingerprint density at radius 1 is 0.500 bits per heavy atom. The van der Waals surface area contributed by atoms with Crippen molar-refractivity contribution in [3.05, 3.63) is 145 Å². The summed E-state index contributed by atoms with van der Waals surface area (Å²) in [7, 11) is 0. The number of pyridine rings is 1. The van der Waals surface area contributed by atoms with Crippen molar-refractivity contribution in [3.8, 4) is 39.2 Å². The molecule has 0 N–H and O–H groups in total. The second-order valence-electron chi connectivity index (χ2n) is 9.38. The summed E-state index contributed by atoms with van der Waals surface area (Å²) < 4.78 is 2.34. The van der Waals surface area contributed by atoms with Gasteiger partial charge in [0.2, 0.25) is 0 Å². The summed E-state index contributed by atoms with van der Waals surface area (Å²) >= 11 is 6.69. The first-order chi connectivity index (χ1) is 18.8. The first kappa shape index (κ1) is 22.5. The monoisotopic (exact) mass is 506 g/mol. The third kappa shape index (κ3) is 3.78. The van der Waals surface area contributed by atoms with Gasteiger partial charge in [-0.15, -0.1) is 0 Å². The van der Waals surface area contributed by atoms with Crippen LogP contribution in [0, 0.1) is 0 Å². The molecule has 0 fully saturated rings. The lowest BCUT2D eigenvalue weighted by molar-refractivity contribution is 1.18. The highest BCUT2D eigenvalue weighted by Gasteiger charge is 2.17. The van der Waals surface area contributed by atoms with Gasteiger partial charge in [0.1, 0.15) is 0 Å². The van der Waals surface area contributed by atoms with Crippen LogP contribution in [0.5, 0.6) is 0 Å². The van der Waals surface area contributed by atoms with Crippen LogP contribution in [0.25, 0.3) is 61.0 Å². The minimum Gasteiger partial charge on any atom is -0.309 e. The Bertz CT molecular complexity index is 1920. The zero-order valence-corrected chi connectivity index (χ0v) is 21.3. The van der Waals surface area contributed by atoms with Gasteiger partial charge in [-0.25, -0.2) is 0 Å². The molecule has 0 atom stereocenters. The quantitative estimate of drug-likeness (QED) is 0.232. The number of halogens is 1. The molecule has 2 aromatic heterocycles. The fourth-order valence-electron chi connectivity index (χ4n) is 5.35. The van der Waals surface area contributed by atoms with E-state index in [1.165, 1.54) is 21.8 Å². The number of fused-ring (bicyclic) bond motifs is 3. The van der Waals surface area contributed by atoms with Gasteiger partial charge in [0.05, 0.1) is 16.7 Å². The number of rotatable bonds is 4. The minimum absolute atomic E-state index is 0.713. The number of nitrogens with zero attached hydrogens (tertiary/aromatic N) is 2. The average Bonchev–Trinajstić information content (AvgIpc) is 3.32. The van der Waals surface area contributed by atoms with Gasteiger partial charge >= 0.3 is 0 Å². The summed E-state index contributed by atoms with van der Waals surface area (Å²) in [6.07, 6.45) is 1.95. The molecule has 2 heterocycles. The first-order valence-electron chi connectivity index (χ1n) is 12.7. The van der Waals surface area contributed by atoms with Crippen molar-refractivity contribution >= 4 is 33.4 Å². The van der Waals surface area contributed by atoms with Gasteiger partial charge in [-0.1, -0.05) is 103 Å². The molecule has 38 heavy (non-hydrogen) atoms. The van der Waals surface area contributed by atoms with Gasteiger partial charge in [-0.3, -0.25) is 4.98 Å². The van der Waals surface area contributed by atoms with Crippen molar-refractivity contribution in [1.82, 2.24) is 9.55 Å². The summed E-state index contributed by atoms with van der Waals surface area (Å²) in [5.74, 6) is 0. The van der Waals surface area contributed by atoms with E-state index < -0.39 is 0 Å². The van der Waals surface area contributed by atoms with Gasteiger partial charge in [-0.2, -0.15) is 0 Å². The second kappa shape index (κ2) is 9.33. The molecule has 0 spiro atoms. The van der Waals surface area contributed by atoms with Gasteiger partial charge in [0, 0.05) is 44.4 Å². The zero-order chi connectivity index (χ0) is 25.5. The third-order valence-corrected chi connectivity index (χ3v) is 7.47. The van der Waals surface area contributed by atoms with E-state index in [0.29, 0.717) is 5.02 Å². The smallest absolute Gasteiger partial charge is 0.0708 e. The Morgan fingerprint density at radius 3 is 2.00 bits per heavy atom. The Balaban J connectivity index is 1.50. The van der Waals surface area contributed by atoms with E-state index in [9.17, 15) is 0 Å². The van der Waals surface area contributed by atoms with Crippen molar-refractivity contribution in [2.24, 2.45) is 0 Å². The highest BCUT2D eigenvalue weighted by molar-refractivity contribution is 6.33.